The Hall–Kier alpha value is -2.82. The second-order valence-corrected chi connectivity index (χ2v) is 6.62. The predicted molar refractivity (Wildman–Crippen MR) is 107 cm³/mol. The molecule has 5 heteroatoms. The topological polar surface area (TPSA) is 58.6 Å². The molecule has 2 aromatic carbocycles. The molecule has 144 valence electrons. The van der Waals surface area contributed by atoms with Gasteiger partial charge in [-0.1, -0.05) is 42.0 Å². The number of carbonyl (C=O) groups excluding carboxylic acids is 2. The van der Waals surface area contributed by atoms with Gasteiger partial charge in [0, 0.05) is 33.0 Å². The lowest BCUT2D eigenvalue weighted by Crippen LogP contribution is -2.35. The van der Waals surface area contributed by atoms with E-state index in [1.54, 1.807) is 12.0 Å². The van der Waals surface area contributed by atoms with E-state index in [0.29, 0.717) is 26.1 Å². The Morgan fingerprint density at radius 2 is 1.78 bits per heavy atom. The van der Waals surface area contributed by atoms with E-state index in [1.165, 1.54) is 12.5 Å². The van der Waals surface area contributed by atoms with Crippen molar-refractivity contribution in [2.75, 3.05) is 20.2 Å². The molecule has 0 spiro atoms. The summed E-state index contributed by atoms with van der Waals surface area (Å²) in [4.78, 5) is 25.7. The highest BCUT2D eigenvalue weighted by Crippen LogP contribution is 2.13. The Bertz CT molecular complexity index is 774. The first-order valence-corrected chi connectivity index (χ1v) is 9.18. The van der Waals surface area contributed by atoms with Crippen LogP contribution in [0.4, 0.5) is 0 Å². The molecule has 0 heterocycles. The molecule has 0 bridgehead atoms. The highest BCUT2D eigenvalue weighted by molar-refractivity contribution is 5.78. The maximum atomic E-state index is 12.1. The number of nitrogens with zero attached hydrogens (tertiary/aromatic N) is 1. The van der Waals surface area contributed by atoms with E-state index < -0.39 is 0 Å². The van der Waals surface area contributed by atoms with Gasteiger partial charge in [-0.3, -0.25) is 9.59 Å². The molecular weight excluding hydrogens is 340 g/mol. The molecule has 5 nitrogen and oxygen atoms in total. The molecule has 1 N–H and O–H groups in total. The zero-order valence-corrected chi connectivity index (χ0v) is 16.3. The van der Waals surface area contributed by atoms with Gasteiger partial charge < -0.3 is 15.0 Å². The Morgan fingerprint density at radius 3 is 2.48 bits per heavy atom. The molecule has 0 radical (unpaired) electrons. The van der Waals surface area contributed by atoms with Crippen LogP contribution in [0.25, 0.3) is 0 Å². The molecule has 2 aromatic rings. The van der Waals surface area contributed by atoms with Crippen LogP contribution < -0.4 is 10.1 Å². The summed E-state index contributed by atoms with van der Waals surface area (Å²) in [5.41, 5.74) is 3.34. The molecule has 0 unspecified atom stereocenters. The third-order valence-electron chi connectivity index (χ3n) is 4.43. The van der Waals surface area contributed by atoms with Crippen LogP contribution in [0.3, 0.4) is 0 Å². The minimum absolute atomic E-state index is 0.0237. The summed E-state index contributed by atoms with van der Waals surface area (Å²) in [6.45, 7) is 5.06. The van der Waals surface area contributed by atoms with E-state index in [0.717, 1.165) is 23.3 Å². The summed E-state index contributed by atoms with van der Waals surface area (Å²) in [5.74, 6) is 0.728. The first kappa shape index (κ1) is 20.5. The number of carbonyl (C=O) groups is 2. The van der Waals surface area contributed by atoms with Crippen molar-refractivity contribution in [3.05, 3.63) is 65.2 Å². The molecule has 0 saturated carbocycles. The Kier molecular flexibility index (Phi) is 7.86. The van der Waals surface area contributed by atoms with Crippen LogP contribution in [0.2, 0.25) is 0 Å². The number of hydrogen-bond donors (Lipinski definition) is 1. The number of rotatable bonds is 9. The highest BCUT2D eigenvalue weighted by atomic mass is 16.5. The van der Waals surface area contributed by atoms with Crippen molar-refractivity contribution < 1.29 is 14.3 Å². The zero-order chi connectivity index (χ0) is 19.6. The standard InChI is InChI=1S/C22H28N2O3/c1-17-6-4-8-20(14-17)16-23-22(26)11-13-24(18(2)25)12-10-19-7-5-9-21(15-19)27-3/h4-9,14-15H,10-13,16H2,1-3H3,(H,23,26). The molecule has 2 amide bonds. The second-order valence-electron chi connectivity index (χ2n) is 6.62. The van der Waals surface area contributed by atoms with Crippen LogP contribution >= 0.6 is 0 Å². The van der Waals surface area contributed by atoms with Gasteiger partial charge in [-0.2, -0.15) is 0 Å². The SMILES string of the molecule is COc1cccc(CCN(CCC(=O)NCc2cccc(C)c2)C(C)=O)c1. The molecule has 0 saturated heterocycles. The molecule has 2 rings (SSSR count). The van der Waals surface area contributed by atoms with Crippen molar-refractivity contribution in [2.45, 2.75) is 33.2 Å². The summed E-state index contributed by atoms with van der Waals surface area (Å²) in [6, 6.07) is 15.9. The van der Waals surface area contributed by atoms with Gasteiger partial charge in [0.15, 0.2) is 0 Å². The molecule has 0 atom stereocenters. The van der Waals surface area contributed by atoms with Crippen LogP contribution in [0.15, 0.2) is 48.5 Å². The quantitative estimate of drug-likeness (QED) is 0.740. The maximum Gasteiger partial charge on any atom is 0.222 e. The summed E-state index contributed by atoms with van der Waals surface area (Å²) in [6.07, 6.45) is 1.02. The van der Waals surface area contributed by atoms with Crippen LogP contribution in [-0.4, -0.2) is 36.9 Å². The number of methoxy groups -OCH3 is 1. The van der Waals surface area contributed by atoms with Crippen LogP contribution in [0.1, 0.15) is 30.0 Å². The van der Waals surface area contributed by atoms with Crippen molar-refractivity contribution in [1.29, 1.82) is 0 Å². The van der Waals surface area contributed by atoms with Crippen LogP contribution in [0, 0.1) is 6.92 Å². The predicted octanol–water partition coefficient (Wildman–Crippen LogP) is 3.10. The number of benzene rings is 2. The second kappa shape index (κ2) is 10.4. The van der Waals surface area contributed by atoms with Gasteiger partial charge in [0.05, 0.1) is 7.11 Å². The van der Waals surface area contributed by atoms with E-state index in [2.05, 4.69) is 11.4 Å². The fraction of sp³-hybridized carbons (Fsp3) is 0.364. The average Bonchev–Trinajstić information content (AvgIpc) is 2.66. The molecule has 0 aliphatic rings. The molecule has 0 aliphatic carbocycles. The van der Waals surface area contributed by atoms with E-state index in [1.807, 2.05) is 49.4 Å². The van der Waals surface area contributed by atoms with Crippen molar-refractivity contribution in [3.8, 4) is 5.75 Å². The molecule has 0 aliphatic heterocycles. The lowest BCUT2D eigenvalue weighted by Gasteiger charge is -2.21. The fourth-order valence-corrected chi connectivity index (χ4v) is 2.87. The average molecular weight is 368 g/mol. The number of aryl methyl sites for hydroxylation is 1. The van der Waals surface area contributed by atoms with Gasteiger partial charge in [-0.25, -0.2) is 0 Å². The number of ether oxygens (including phenoxy) is 1. The zero-order valence-electron chi connectivity index (χ0n) is 16.3. The minimum atomic E-state index is -0.0517. The number of hydrogen-bond acceptors (Lipinski definition) is 3. The van der Waals surface area contributed by atoms with E-state index in [4.69, 9.17) is 4.74 Å². The largest absolute Gasteiger partial charge is 0.497 e. The molecule has 0 fully saturated rings. The number of amides is 2. The third-order valence-corrected chi connectivity index (χ3v) is 4.43. The maximum absolute atomic E-state index is 12.1. The Labute approximate surface area is 161 Å². The smallest absolute Gasteiger partial charge is 0.222 e. The molecule has 0 aromatic heterocycles. The normalized spacial score (nSPS) is 10.3. The first-order chi connectivity index (χ1) is 13.0. The summed E-state index contributed by atoms with van der Waals surface area (Å²) < 4.78 is 5.23. The molecule has 27 heavy (non-hydrogen) atoms. The monoisotopic (exact) mass is 368 g/mol. The van der Waals surface area contributed by atoms with Crippen LogP contribution in [-0.2, 0) is 22.6 Å². The highest BCUT2D eigenvalue weighted by Gasteiger charge is 2.11. The fourth-order valence-electron chi connectivity index (χ4n) is 2.87. The Balaban J connectivity index is 1.79. The van der Waals surface area contributed by atoms with Crippen molar-refractivity contribution >= 4 is 11.8 Å². The summed E-state index contributed by atoms with van der Waals surface area (Å²) in [7, 11) is 1.64. The summed E-state index contributed by atoms with van der Waals surface area (Å²) >= 11 is 0. The van der Waals surface area contributed by atoms with Gasteiger partial charge in [0.1, 0.15) is 5.75 Å². The van der Waals surface area contributed by atoms with Gasteiger partial charge in [0.25, 0.3) is 0 Å². The number of nitrogens with one attached hydrogen (secondary N) is 1. The third kappa shape index (κ3) is 7.13. The van der Waals surface area contributed by atoms with Crippen LogP contribution in [0.5, 0.6) is 5.75 Å². The molecular formula is C22H28N2O3. The van der Waals surface area contributed by atoms with Crippen molar-refractivity contribution in [3.63, 3.8) is 0 Å². The van der Waals surface area contributed by atoms with E-state index in [9.17, 15) is 9.59 Å². The van der Waals surface area contributed by atoms with Gasteiger partial charge >= 0.3 is 0 Å². The van der Waals surface area contributed by atoms with Crippen molar-refractivity contribution in [2.24, 2.45) is 0 Å². The van der Waals surface area contributed by atoms with E-state index >= 15 is 0 Å². The Morgan fingerprint density at radius 1 is 1.04 bits per heavy atom. The first-order valence-electron chi connectivity index (χ1n) is 9.18. The lowest BCUT2D eigenvalue weighted by molar-refractivity contribution is -0.129. The van der Waals surface area contributed by atoms with Gasteiger partial charge in [0.2, 0.25) is 11.8 Å². The van der Waals surface area contributed by atoms with Gasteiger partial charge in [-0.05, 0) is 36.6 Å². The van der Waals surface area contributed by atoms with Gasteiger partial charge in [-0.15, -0.1) is 0 Å². The van der Waals surface area contributed by atoms with E-state index in [-0.39, 0.29) is 11.8 Å². The lowest BCUT2D eigenvalue weighted by atomic mass is 10.1. The summed E-state index contributed by atoms with van der Waals surface area (Å²) in [5, 5.41) is 2.92. The van der Waals surface area contributed by atoms with Crippen molar-refractivity contribution in [1.82, 2.24) is 10.2 Å². The minimum Gasteiger partial charge on any atom is -0.497 e.